The second kappa shape index (κ2) is 6.71. The van der Waals surface area contributed by atoms with Gasteiger partial charge in [-0.05, 0) is 41.6 Å². The number of anilines is 1. The molecule has 0 saturated carbocycles. The quantitative estimate of drug-likeness (QED) is 0.471. The molecule has 26 heavy (non-hydrogen) atoms. The minimum atomic E-state index is -4.59. The number of aromatic nitrogens is 2. The molecule has 0 radical (unpaired) electrons. The van der Waals surface area contributed by atoms with E-state index in [2.05, 4.69) is 15.5 Å². The van der Waals surface area contributed by atoms with Crippen LogP contribution in [0.2, 0.25) is 0 Å². The Morgan fingerprint density at radius 3 is 2.27 bits per heavy atom. The molecule has 0 bridgehead atoms. The highest BCUT2D eigenvalue weighted by molar-refractivity contribution is 8.00. The highest BCUT2D eigenvalue weighted by atomic mass is 32.2. The topological polar surface area (TPSA) is 51.0 Å². The van der Waals surface area contributed by atoms with Crippen LogP contribution in [0.1, 0.15) is 11.3 Å². The zero-order valence-electron chi connectivity index (χ0n) is 12.6. The van der Waals surface area contributed by atoms with Crippen LogP contribution < -0.4 is 5.32 Å². The number of benzene rings is 1. The number of fused-ring (bicyclic) bond motifs is 1. The zero-order chi connectivity index (χ0) is 18.9. The molecule has 2 aromatic heterocycles. The Hall–Kier alpha value is -2.43. The van der Waals surface area contributed by atoms with E-state index in [1.54, 1.807) is 0 Å². The molecule has 1 aromatic carbocycles. The van der Waals surface area contributed by atoms with Crippen LogP contribution in [0.15, 0.2) is 45.8 Å². The molecule has 4 nitrogen and oxygen atoms in total. The van der Waals surface area contributed by atoms with E-state index in [0.29, 0.717) is 5.56 Å². The number of hydrogen-bond donors (Lipinski definition) is 1. The Morgan fingerprint density at radius 2 is 1.65 bits per heavy atom. The number of hydrogen-bond acceptors (Lipinski definition) is 5. The first kappa shape index (κ1) is 18.4. The van der Waals surface area contributed by atoms with Crippen molar-refractivity contribution in [2.24, 2.45) is 0 Å². The van der Waals surface area contributed by atoms with Crippen molar-refractivity contribution in [2.75, 3.05) is 5.32 Å². The summed E-state index contributed by atoms with van der Waals surface area (Å²) in [6.07, 6.45) is -4.59. The average Bonchev–Trinajstić information content (AvgIpc) is 2.94. The van der Waals surface area contributed by atoms with Crippen molar-refractivity contribution < 1.29 is 30.9 Å². The molecule has 2 heterocycles. The molecule has 0 unspecified atom stereocenters. The lowest BCUT2D eigenvalue weighted by atomic mass is 10.2. The summed E-state index contributed by atoms with van der Waals surface area (Å²) in [6.45, 7) is 0.194. The van der Waals surface area contributed by atoms with Crippen LogP contribution in [0.25, 0.3) is 11.1 Å². The van der Waals surface area contributed by atoms with Crippen LogP contribution in [-0.2, 0) is 12.7 Å². The number of pyridine rings is 1. The van der Waals surface area contributed by atoms with Crippen molar-refractivity contribution in [3.63, 3.8) is 0 Å². The predicted molar refractivity (Wildman–Crippen MR) is 82.5 cm³/mol. The molecule has 11 heteroatoms. The first-order valence-electron chi connectivity index (χ1n) is 7.04. The molecule has 0 aliphatic heterocycles. The molecule has 3 rings (SSSR count). The standard InChI is InChI=1S/C15H9F6N3OS/c16-14(17,18)11-6-5-10-12(24-25-13(10)23-11)22-7-8-1-3-9(4-2-8)26-15(19,20)21/h1-6H,7H2,(H,22,24). The number of halogens is 6. The fourth-order valence-electron chi connectivity index (χ4n) is 2.11. The van der Waals surface area contributed by atoms with Crippen LogP contribution in [0.3, 0.4) is 0 Å². The van der Waals surface area contributed by atoms with E-state index in [1.165, 1.54) is 30.3 Å². The monoisotopic (exact) mass is 393 g/mol. The van der Waals surface area contributed by atoms with Gasteiger partial charge in [0.25, 0.3) is 5.71 Å². The van der Waals surface area contributed by atoms with E-state index in [1.807, 2.05) is 0 Å². The number of thioether (sulfide) groups is 1. The van der Waals surface area contributed by atoms with Gasteiger partial charge in [-0.1, -0.05) is 17.3 Å². The lowest BCUT2D eigenvalue weighted by Gasteiger charge is -2.07. The molecule has 138 valence electrons. The SMILES string of the molecule is FC(F)(F)Sc1ccc(CNc2noc3nc(C(F)(F)F)ccc23)cc1. The lowest BCUT2D eigenvalue weighted by Crippen LogP contribution is -2.07. The zero-order valence-corrected chi connectivity index (χ0v) is 13.5. The fourth-order valence-corrected chi connectivity index (χ4v) is 2.65. The molecule has 0 fully saturated rings. The Morgan fingerprint density at radius 1 is 0.962 bits per heavy atom. The van der Waals surface area contributed by atoms with Gasteiger partial charge < -0.3 is 9.84 Å². The van der Waals surface area contributed by atoms with E-state index in [0.717, 1.165) is 6.07 Å². The minimum Gasteiger partial charge on any atom is -0.363 e. The molecule has 0 saturated heterocycles. The summed E-state index contributed by atoms with van der Waals surface area (Å²) in [5.41, 5.74) is -5.06. The first-order chi connectivity index (χ1) is 12.1. The largest absolute Gasteiger partial charge is 0.446 e. The number of alkyl halides is 6. The summed E-state index contributed by atoms with van der Waals surface area (Å²) in [4.78, 5) is 3.42. The van der Waals surface area contributed by atoms with Gasteiger partial charge in [0.15, 0.2) is 5.82 Å². The van der Waals surface area contributed by atoms with Gasteiger partial charge in [-0.15, -0.1) is 0 Å². The molecule has 0 atom stereocenters. The van der Waals surface area contributed by atoms with Crippen LogP contribution in [0.4, 0.5) is 32.2 Å². The Balaban J connectivity index is 1.70. The van der Waals surface area contributed by atoms with Crippen molar-refractivity contribution in [1.29, 1.82) is 0 Å². The smallest absolute Gasteiger partial charge is 0.363 e. The van der Waals surface area contributed by atoms with Crippen molar-refractivity contribution in [2.45, 2.75) is 23.1 Å². The van der Waals surface area contributed by atoms with Crippen LogP contribution >= 0.6 is 11.8 Å². The Bertz CT molecular complexity index is 904. The van der Waals surface area contributed by atoms with Crippen LogP contribution in [-0.4, -0.2) is 15.6 Å². The van der Waals surface area contributed by atoms with Gasteiger partial charge in [0, 0.05) is 11.4 Å². The lowest BCUT2D eigenvalue weighted by molar-refractivity contribution is -0.141. The van der Waals surface area contributed by atoms with Gasteiger partial charge in [-0.3, -0.25) is 0 Å². The first-order valence-corrected chi connectivity index (χ1v) is 7.86. The van der Waals surface area contributed by atoms with Gasteiger partial charge in [0.2, 0.25) is 0 Å². The molecule has 0 amide bonds. The summed E-state index contributed by atoms with van der Waals surface area (Å²) < 4.78 is 79.5. The fraction of sp³-hybridized carbons (Fsp3) is 0.200. The second-order valence-corrected chi connectivity index (χ2v) is 6.26. The number of nitrogens with zero attached hydrogens (tertiary/aromatic N) is 2. The highest BCUT2D eigenvalue weighted by Crippen LogP contribution is 2.36. The minimum absolute atomic E-state index is 0.0528. The maximum Gasteiger partial charge on any atom is 0.446 e. The summed E-state index contributed by atoms with van der Waals surface area (Å²) >= 11 is -0.217. The third-order valence-corrected chi connectivity index (χ3v) is 3.99. The summed E-state index contributed by atoms with van der Waals surface area (Å²) in [7, 11) is 0. The normalized spacial score (nSPS) is 12.5. The predicted octanol–water partition coefficient (Wildman–Crippen LogP) is 5.47. The maximum absolute atomic E-state index is 12.6. The number of rotatable bonds is 4. The van der Waals surface area contributed by atoms with Crippen molar-refractivity contribution in [1.82, 2.24) is 10.1 Å². The molecule has 0 aliphatic rings. The van der Waals surface area contributed by atoms with Gasteiger partial charge in [0.1, 0.15) is 5.69 Å². The average molecular weight is 393 g/mol. The van der Waals surface area contributed by atoms with E-state index < -0.39 is 17.4 Å². The van der Waals surface area contributed by atoms with Gasteiger partial charge in [0.05, 0.1) is 5.39 Å². The molecule has 0 spiro atoms. The van der Waals surface area contributed by atoms with E-state index >= 15 is 0 Å². The summed E-state index contributed by atoms with van der Waals surface area (Å²) in [6, 6.07) is 7.66. The van der Waals surface area contributed by atoms with Gasteiger partial charge >= 0.3 is 11.7 Å². The third kappa shape index (κ3) is 4.40. The number of nitrogens with one attached hydrogen (secondary N) is 1. The maximum atomic E-state index is 12.6. The Kier molecular flexibility index (Phi) is 4.74. The van der Waals surface area contributed by atoms with Crippen LogP contribution in [0, 0.1) is 0 Å². The van der Waals surface area contributed by atoms with E-state index in [9.17, 15) is 26.3 Å². The van der Waals surface area contributed by atoms with Crippen LogP contribution in [0.5, 0.6) is 0 Å². The van der Waals surface area contributed by atoms with Crippen molar-refractivity contribution in [3.05, 3.63) is 47.7 Å². The third-order valence-electron chi connectivity index (χ3n) is 3.25. The summed E-state index contributed by atoms with van der Waals surface area (Å²) in [5.74, 6) is 0.190. The van der Waals surface area contributed by atoms with Crippen molar-refractivity contribution >= 4 is 28.7 Å². The van der Waals surface area contributed by atoms with E-state index in [-0.39, 0.29) is 40.1 Å². The van der Waals surface area contributed by atoms with E-state index in [4.69, 9.17) is 4.52 Å². The second-order valence-electron chi connectivity index (χ2n) is 5.12. The Labute approximate surface area is 146 Å². The summed E-state index contributed by atoms with van der Waals surface area (Å²) in [5, 5.41) is 6.75. The highest BCUT2D eigenvalue weighted by Gasteiger charge is 2.33. The van der Waals surface area contributed by atoms with Gasteiger partial charge in [-0.25, -0.2) is 4.98 Å². The molecule has 3 aromatic rings. The molecular weight excluding hydrogens is 384 g/mol. The molecular formula is C15H9F6N3OS. The van der Waals surface area contributed by atoms with Crippen molar-refractivity contribution in [3.8, 4) is 0 Å². The molecule has 0 aliphatic carbocycles. The van der Waals surface area contributed by atoms with Gasteiger partial charge in [-0.2, -0.15) is 26.3 Å². The molecule has 1 N–H and O–H groups in total.